The highest BCUT2D eigenvalue weighted by molar-refractivity contribution is 5.83. The minimum Gasteiger partial charge on any atom is -0.494 e. The fourth-order valence-electron chi connectivity index (χ4n) is 2.91. The molecule has 0 aliphatic rings. The number of nitrogens with one attached hydrogen (secondary N) is 2. The van der Waals surface area contributed by atoms with Crippen LogP contribution in [0.4, 0.5) is 0 Å². The summed E-state index contributed by atoms with van der Waals surface area (Å²) in [5.74, 6) is 3.30. The molecule has 0 atom stereocenters. The summed E-state index contributed by atoms with van der Waals surface area (Å²) in [6.45, 7) is 5.02. The molecule has 1 aromatic heterocycles. The lowest BCUT2D eigenvalue weighted by Crippen LogP contribution is -2.39. The minimum atomic E-state index is 0.452. The number of benzene rings is 2. The second-order valence-electron chi connectivity index (χ2n) is 6.94. The van der Waals surface area contributed by atoms with Gasteiger partial charge in [-0.2, -0.15) is 0 Å². The Morgan fingerprint density at radius 1 is 1.03 bits per heavy atom. The second kappa shape index (κ2) is 11.2. The van der Waals surface area contributed by atoms with Crippen LogP contribution in [-0.4, -0.2) is 54.1 Å². The van der Waals surface area contributed by atoms with Crippen LogP contribution < -0.4 is 15.4 Å². The number of methoxy groups -OCH3 is 1. The van der Waals surface area contributed by atoms with Crippen LogP contribution >= 0.6 is 0 Å². The van der Waals surface area contributed by atoms with Crippen molar-refractivity contribution in [3.05, 3.63) is 54.1 Å². The second-order valence-corrected chi connectivity index (χ2v) is 6.94. The third-order valence-electron chi connectivity index (χ3n) is 4.76. The Kier molecular flexibility index (Phi) is 8.02. The van der Waals surface area contributed by atoms with Gasteiger partial charge in [0.2, 0.25) is 0 Å². The molecular weight excluding hydrogens is 380 g/mol. The molecule has 0 amide bonds. The average molecular weight is 411 g/mol. The molecule has 0 spiro atoms. The van der Waals surface area contributed by atoms with E-state index in [1.54, 1.807) is 7.11 Å². The van der Waals surface area contributed by atoms with E-state index in [-0.39, 0.29) is 0 Å². The maximum absolute atomic E-state index is 5.90. The molecule has 3 rings (SSSR count). The quantitative estimate of drug-likeness (QED) is 0.303. The Labute approximate surface area is 177 Å². The highest BCUT2D eigenvalue weighted by atomic mass is 16.5. The molecule has 0 saturated carbocycles. The zero-order valence-electron chi connectivity index (χ0n) is 17.9. The van der Waals surface area contributed by atoms with Crippen LogP contribution in [-0.2, 0) is 18.3 Å². The Morgan fingerprint density at radius 2 is 1.83 bits per heavy atom. The van der Waals surface area contributed by atoms with Crippen LogP contribution in [0.1, 0.15) is 18.1 Å². The summed E-state index contributed by atoms with van der Waals surface area (Å²) in [6, 6.07) is 14.4. The van der Waals surface area contributed by atoms with Gasteiger partial charge in [-0.3, -0.25) is 0 Å². The van der Waals surface area contributed by atoms with Crippen LogP contribution in [0.25, 0.3) is 10.8 Å². The predicted molar refractivity (Wildman–Crippen MR) is 119 cm³/mol. The lowest BCUT2D eigenvalue weighted by atomic mass is 10.1. The standard InChI is InChI=1S/C22H30N6O2/c1-17-26-27-21(28(17)2)16-25-22(24-12-14-29-3)23-11-6-13-30-20-10-9-18-7-4-5-8-19(18)15-20/h4-5,7-10,15H,6,11-14,16H2,1-3H3,(H2,23,24,25). The van der Waals surface area contributed by atoms with Crippen LogP contribution in [0.15, 0.2) is 47.5 Å². The molecule has 2 aromatic carbocycles. The van der Waals surface area contributed by atoms with Gasteiger partial charge in [0.05, 0.1) is 13.2 Å². The predicted octanol–water partition coefficient (Wildman–Crippen LogP) is 2.43. The number of aryl methyl sites for hydroxylation is 1. The van der Waals surface area contributed by atoms with Crippen molar-refractivity contribution in [3.63, 3.8) is 0 Å². The van der Waals surface area contributed by atoms with Crippen LogP contribution in [0, 0.1) is 6.92 Å². The Morgan fingerprint density at radius 3 is 2.60 bits per heavy atom. The van der Waals surface area contributed by atoms with E-state index in [0.717, 1.165) is 36.3 Å². The highest BCUT2D eigenvalue weighted by Crippen LogP contribution is 2.20. The van der Waals surface area contributed by atoms with E-state index in [9.17, 15) is 0 Å². The van der Waals surface area contributed by atoms with E-state index in [1.165, 1.54) is 10.8 Å². The van der Waals surface area contributed by atoms with Crippen molar-refractivity contribution in [1.29, 1.82) is 0 Å². The maximum Gasteiger partial charge on any atom is 0.191 e. The average Bonchev–Trinajstić information content (AvgIpc) is 3.09. The van der Waals surface area contributed by atoms with Gasteiger partial charge in [0.1, 0.15) is 18.1 Å². The third kappa shape index (κ3) is 6.18. The van der Waals surface area contributed by atoms with Crippen molar-refractivity contribution in [2.45, 2.75) is 19.9 Å². The number of hydrogen-bond acceptors (Lipinski definition) is 5. The van der Waals surface area contributed by atoms with Gasteiger partial charge in [-0.05, 0) is 36.2 Å². The molecule has 2 N–H and O–H groups in total. The van der Waals surface area contributed by atoms with E-state index in [1.807, 2.05) is 36.7 Å². The Balaban J connectivity index is 1.46. The molecule has 0 saturated heterocycles. The van der Waals surface area contributed by atoms with Crippen molar-refractivity contribution in [1.82, 2.24) is 25.4 Å². The zero-order valence-corrected chi connectivity index (χ0v) is 17.9. The van der Waals surface area contributed by atoms with Crippen LogP contribution in [0.3, 0.4) is 0 Å². The molecule has 160 valence electrons. The summed E-state index contributed by atoms with van der Waals surface area (Å²) >= 11 is 0. The highest BCUT2D eigenvalue weighted by Gasteiger charge is 2.05. The first-order chi connectivity index (χ1) is 14.7. The lowest BCUT2D eigenvalue weighted by molar-refractivity contribution is 0.203. The van der Waals surface area contributed by atoms with Gasteiger partial charge in [0.25, 0.3) is 0 Å². The molecule has 0 unspecified atom stereocenters. The lowest BCUT2D eigenvalue weighted by Gasteiger charge is -2.13. The van der Waals surface area contributed by atoms with Gasteiger partial charge in [-0.25, -0.2) is 4.99 Å². The topological polar surface area (TPSA) is 85.6 Å². The normalized spacial score (nSPS) is 11.6. The summed E-state index contributed by atoms with van der Waals surface area (Å²) < 4.78 is 12.9. The molecule has 0 fully saturated rings. The molecular formula is C22H30N6O2. The van der Waals surface area contributed by atoms with Crippen molar-refractivity contribution in [2.75, 3.05) is 33.4 Å². The molecule has 0 aliphatic heterocycles. The van der Waals surface area contributed by atoms with Gasteiger partial charge in [0.15, 0.2) is 11.8 Å². The van der Waals surface area contributed by atoms with Crippen molar-refractivity contribution in [2.24, 2.45) is 12.0 Å². The number of nitrogens with zero attached hydrogens (tertiary/aromatic N) is 4. The number of guanidine groups is 1. The molecule has 1 heterocycles. The summed E-state index contributed by atoms with van der Waals surface area (Å²) in [7, 11) is 3.62. The van der Waals surface area contributed by atoms with Crippen LogP contribution in [0.2, 0.25) is 0 Å². The van der Waals surface area contributed by atoms with Gasteiger partial charge in [0, 0.05) is 27.2 Å². The fourth-order valence-corrected chi connectivity index (χ4v) is 2.91. The Hall–Kier alpha value is -3.13. The number of hydrogen-bond donors (Lipinski definition) is 2. The minimum absolute atomic E-state index is 0.452. The summed E-state index contributed by atoms with van der Waals surface area (Å²) in [5, 5.41) is 17.2. The largest absolute Gasteiger partial charge is 0.494 e. The number of fused-ring (bicyclic) bond motifs is 1. The molecule has 0 aliphatic carbocycles. The zero-order chi connectivity index (χ0) is 21.2. The number of aliphatic imine (C=N–C) groups is 1. The summed E-state index contributed by atoms with van der Waals surface area (Å²) in [6.07, 6.45) is 0.848. The van der Waals surface area contributed by atoms with Gasteiger partial charge >= 0.3 is 0 Å². The SMILES string of the molecule is COCCNC(=NCc1nnc(C)n1C)NCCCOc1ccc2ccccc2c1. The third-order valence-corrected chi connectivity index (χ3v) is 4.76. The monoisotopic (exact) mass is 410 g/mol. The van der Waals surface area contributed by atoms with E-state index >= 15 is 0 Å². The number of rotatable bonds is 10. The number of aromatic nitrogens is 3. The first-order valence-corrected chi connectivity index (χ1v) is 10.1. The van der Waals surface area contributed by atoms with E-state index < -0.39 is 0 Å². The van der Waals surface area contributed by atoms with Gasteiger partial charge in [-0.15, -0.1) is 10.2 Å². The summed E-state index contributed by atoms with van der Waals surface area (Å²) in [4.78, 5) is 4.60. The molecule has 0 radical (unpaired) electrons. The molecule has 8 nitrogen and oxygen atoms in total. The van der Waals surface area contributed by atoms with Crippen LogP contribution in [0.5, 0.6) is 5.75 Å². The molecule has 30 heavy (non-hydrogen) atoms. The molecule has 3 aromatic rings. The Bertz CT molecular complexity index is 969. The van der Waals surface area contributed by atoms with E-state index in [2.05, 4.69) is 50.1 Å². The number of ether oxygens (including phenoxy) is 2. The van der Waals surface area contributed by atoms with Gasteiger partial charge in [-0.1, -0.05) is 30.3 Å². The first kappa shape index (κ1) is 21.6. The maximum atomic E-state index is 5.90. The molecule has 0 bridgehead atoms. The fraction of sp³-hybridized carbons (Fsp3) is 0.409. The molecule has 8 heteroatoms. The van der Waals surface area contributed by atoms with E-state index in [0.29, 0.717) is 26.3 Å². The smallest absolute Gasteiger partial charge is 0.191 e. The van der Waals surface area contributed by atoms with Crippen molar-refractivity contribution in [3.8, 4) is 5.75 Å². The van der Waals surface area contributed by atoms with Gasteiger partial charge < -0.3 is 24.7 Å². The first-order valence-electron chi connectivity index (χ1n) is 10.1. The van der Waals surface area contributed by atoms with E-state index in [4.69, 9.17) is 9.47 Å². The van der Waals surface area contributed by atoms with Crippen molar-refractivity contribution < 1.29 is 9.47 Å². The van der Waals surface area contributed by atoms with Crippen molar-refractivity contribution >= 4 is 16.7 Å². The summed E-state index contributed by atoms with van der Waals surface area (Å²) in [5.41, 5.74) is 0.